The van der Waals surface area contributed by atoms with Crippen LogP contribution >= 0.6 is 0 Å². The van der Waals surface area contributed by atoms with E-state index >= 15 is 0 Å². The van der Waals surface area contributed by atoms with E-state index in [0.29, 0.717) is 6.04 Å². The molecule has 106 valence electrons. The summed E-state index contributed by atoms with van der Waals surface area (Å²) in [4.78, 5) is 2.23. The Hall–Kier alpha value is -1.02. The molecular formula is C17H28N2. The first-order chi connectivity index (χ1) is 9.06. The summed E-state index contributed by atoms with van der Waals surface area (Å²) in [5, 5.41) is 3.81. The molecule has 1 saturated carbocycles. The molecular weight excluding hydrogens is 232 g/mol. The quantitative estimate of drug-likeness (QED) is 0.880. The van der Waals surface area contributed by atoms with Crippen molar-refractivity contribution < 1.29 is 0 Å². The first kappa shape index (κ1) is 14.4. The lowest BCUT2D eigenvalue weighted by molar-refractivity contribution is 0.280. The monoisotopic (exact) mass is 260 g/mol. The highest BCUT2D eigenvalue weighted by Crippen LogP contribution is 2.31. The summed E-state index contributed by atoms with van der Waals surface area (Å²) in [6, 6.07) is 9.37. The van der Waals surface area contributed by atoms with Crippen LogP contribution in [0, 0.1) is 11.8 Å². The molecule has 0 saturated heterocycles. The van der Waals surface area contributed by atoms with E-state index in [-0.39, 0.29) is 0 Å². The summed E-state index contributed by atoms with van der Waals surface area (Å²) in [5.41, 5.74) is 2.72. The summed E-state index contributed by atoms with van der Waals surface area (Å²) < 4.78 is 0. The van der Waals surface area contributed by atoms with Gasteiger partial charge in [-0.1, -0.05) is 38.5 Å². The lowest BCUT2D eigenvalue weighted by atomic mass is 9.80. The minimum absolute atomic E-state index is 0.632. The third-order valence-corrected chi connectivity index (χ3v) is 4.30. The van der Waals surface area contributed by atoms with E-state index in [1.807, 2.05) is 0 Å². The summed E-state index contributed by atoms with van der Waals surface area (Å²) >= 11 is 0. The van der Waals surface area contributed by atoms with Gasteiger partial charge in [0.2, 0.25) is 0 Å². The first-order valence-electron chi connectivity index (χ1n) is 7.55. The van der Waals surface area contributed by atoms with E-state index in [9.17, 15) is 0 Å². The molecule has 0 bridgehead atoms. The highest BCUT2D eigenvalue weighted by molar-refractivity contribution is 5.51. The Morgan fingerprint density at radius 2 is 1.89 bits per heavy atom. The van der Waals surface area contributed by atoms with Crippen molar-refractivity contribution in [2.75, 3.05) is 19.4 Å². The maximum atomic E-state index is 3.81. The van der Waals surface area contributed by atoms with Crippen LogP contribution in [0.5, 0.6) is 0 Å². The molecule has 1 aromatic carbocycles. The average Bonchev–Trinajstić information content (AvgIpc) is 2.35. The van der Waals surface area contributed by atoms with E-state index in [1.54, 1.807) is 0 Å². The number of anilines is 1. The second-order valence-electron chi connectivity index (χ2n) is 6.54. The van der Waals surface area contributed by atoms with E-state index < -0.39 is 0 Å². The van der Waals surface area contributed by atoms with Gasteiger partial charge in [0, 0.05) is 18.3 Å². The standard InChI is InChI=1S/C17H28N2/c1-13-9-10-14(2)17(11-13)18-16-8-6-5-7-15(16)12-19(3)4/h5-8,13-14,17-18H,9-12H2,1-4H3. The Balaban J connectivity index is 2.09. The predicted molar refractivity (Wildman–Crippen MR) is 83.4 cm³/mol. The molecule has 1 aromatic rings. The van der Waals surface area contributed by atoms with Crippen LogP contribution in [0.4, 0.5) is 5.69 Å². The van der Waals surface area contributed by atoms with Crippen molar-refractivity contribution in [1.82, 2.24) is 4.90 Å². The van der Waals surface area contributed by atoms with Crippen molar-refractivity contribution in [3.63, 3.8) is 0 Å². The van der Waals surface area contributed by atoms with Gasteiger partial charge in [-0.2, -0.15) is 0 Å². The maximum Gasteiger partial charge on any atom is 0.0388 e. The van der Waals surface area contributed by atoms with Gasteiger partial charge < -0.3 is 10.2 Å². The second kappa shape index (κ2) is 6.42. The van der Waals surface area contributed by atoms with Gasteiger partial charge in [-0.25, -0.2) is 0 Å². The molecule has 0 aliphatic heterocycles. The van der Waals surface area contributed by atoms with Crippen LogP contribution in [0.2, 0.25) is 0 Å². The lowest BCUT2D eigenvalue weighted by Gasteiger charge is -2.34. The van der Waals surface area contributed by atoms with Crippen LogP contribution < -0.4 is 5.32 Å². The molecule has 0 heterocycles. The van der Waals surface area contributed by atoms with Crippen molar-refractivity contribution in [2.45, 2.75) is 45.7 Å². The van der Waals surface area contributed by atoms with Gasteiger partial charge in [-0.3, -0.25) is 0 Å². The largest absolute Gasteiger partial charge is 0.382 e. The van der Waals surface area contributed by atoms with Gasteiger partial charge in [-0.15, -0.1) is 0 Å². The average molecular weight is 260 g/mol. The van der Waals surface area contributed by atoms with Crippen LogP contribution in [-0.4, -0.2) is 25.0 Å². The number of nitrogens with one attached hydrogen (secondary N) is 1. The normalized spacial score (nSPS) is 27.5. The Labute approximate surface area is 118 Å². The fraction of sp³-hybridized carbons (Fsp3) is 0.647. The molecule has 2 rings (SSSR count). The Morgan fingerprint density at radius 3 is 2.63 bits per heavy atom. The number of hydrogen-bond acceptors (Lipinski definition) is 2. The number of rotatable bonds is 4. The molecule has 0 radical (unpaired) electrons. The second-order valence-corrected chi connectivity index (χ2v) is 6.54. The minimum atomic E-state index is 0.632. The molecule has 1 N–H and O–H groups in total. The molecule has 1 fully saturated rings. The zero-order valence-electron chi connectivity index (χ0n) is 12.8. The number of para-hydroxylation sites is 1. The third-order valence-electron chi connectivity index (χ3n) is 4.30. The van der Waals surface area contributed by atoms with Gasteiger partial charge >= 0.3 is 0 Å². The van der Waals surface area contributed by atoms with Gasteiger partial charge in [0.05, 0.1) is 0 Å². The Bertz CT molecular complexity index is 400. The molecule has 3 unspecified atom stereocenters. The molecule has 3 atom stereocenters. The summed E-state index contributed by atoms with van der Waals surface area (Å²) in [7, 11) is 4.25. The Morgan fingerprint density at radius 1 is 1.16 bits per heavy atom. The molecule has 1 aliphatic carbocycles. The zero-order chi connectivity index (χ0) is 13.8. The fourth-order valence-electron chi connectivity index (χ4n) is 3.07. The highest BCUT2D eigenvalue weighted by atomic mass is 15.1. The van der Waals surface area contributed by atoms with Crippen molar-refractivity contribution in [1.29, 1.82) is 0 Å². The zero-order valence-corrected chi connectivity index (χ0v) is 12.8. The fourth-order valence-corrected chi connectivity index (χ4v) is 3.07. The van der Waals surface area contributed by atoms with Crippen LogP contribution in [0.1, 0.15) is 38.7 Å². The molecule has 0 spiro atoms. The van der Waals surface area contributed by atoms with Crippen LogP contribution in [0.3, 0.4) is 0 Å². The molecule has 0 amide bonds. The van der Waals surface area contributed by atoms with Crippen molar-refractivity contribution in [3.05, 3.63) is 29.8 Å². The van der Waals surface area contributed by atoms with Crippen molar-refractivity contribution in [2.24, 2.45) is 11.8 Å². The van der Waals surface area contributed by atoms with Crippen LogP contribution in [-0.2, 0) is 6.54 Å². The number of benzene rings is 1. The minimum Gasteiger partial charge on any atom is -0.382 e. The van der Waals surface area contributed by atoms with Crippen LogP contribution in [0.15, 0.2) is 24.3 Å². The highest BCUT2D eigenvalue weighted by Gasteiger charge is 2.25. The van der Waals surface area contributed by atoms with E-state index in [2.05, 4.69) is 62.4 Å². The molecule has 1 aliphatic rings. The predicted octanol–water partition coefficient (Wildman–Crippen LogP) is 3.98. The first-order valence-corrected chi connectivity index (χ1v) is 7.55. The topological polar surface area (TPSA) is 15.3 Å². The van der Waals surface area contributed by atoms with E-state index in [4.69, 9.17) is 0 Å². The van der Waals surface area contributed by atoms with Gasteiger partial charge in [0.25, 0.3) is 0 Å². The molecule has 2 heteroatoms. The van der Waals surface area contributed by atoms with E-state index in [0.717, 1.165) is 18.4 Å². The third kappa shape index (κ3) is 3.97. The summed E-state index contributed by atoms with van der Waals surface area (Å²) in [6.07, 6.45) is 4.05. The Kier molecular flexibility index (Phi) is 4.87. The van der Waals surface area contributed by atoms with Crippen molar-refractivity contribution in [3.8, 4) is 0 Å². The number of hydrogen-bond donors (Lipinski definition) is 1. The summed E-state index contributed by atoms with van der Waals surface area (Å²) in [5.74, 6) is 1.64. The van der Waals surface area contributed by atoms with Gasteiger partial charge in [-0.05, 0) is 50.4 Å². The van der Waals surface area contributed by atoms with Gasteiger partial charge in [0.15, 0.2) is 0 Å². The maximum absolute atomic E-state index is 3.81. The van der Waals surface area contributed by atoms with Gasteiger partial charge in [0.1, 0.15) is 0 Å². The molecule has 19 heavy (non-hydrogen) atoms. The molecule has 2 nitrogen and oxygen atoms in total. The SMILES string of the molecule is CC1CCC(C)C(Nc2ccccc2CN(C)C)C1. The number of nitrogens with zero attached hydrogens (tertiary/aromatic N) is 1. The van der Waals surface area contributed by atoms with Crippen molar-refractivity contribution >= 4 is 5.69 Å². The van der Waals surface area contributed by atoms with E-state index in [1.165, 1.54) is 30.5 Å². The molecule has 0 aromatic heterocycles. The lowest BCUT2D eigenvalue weighted by Crippen LogP contribution is -2.33. The summed E-state index contributed by atoms with van der Waals surface area (Å²) in [6.45, 7) is 5.77. The smallest absolute Gasteiger partial charge is 0.0388 e. The van der Waals surface area contributed by atoms with Crippen LogP contribution in [0.25, 0.3) is 0 Å².